The van der Waals surface area contributed by atoms with Crippen molar-refractivity contribution in [1.29, 1.82) is 0 Å². The van der Waals surface area contributed by atoms with E-state index in [1.54, 1.807) is 5.38 Å². The predicted octanol–water partition coefficient (Wildman–Crippen LogP) is 3.28. The Balaban J connectivity index is 1.73. The minimum atomic E-state index is -3.57. The van der Waals surface area contributed by atoms with E-state index in [4.69, 9.17) is 0 Å². The molecule has 9 nitrogen and oxygen atoms in total. The van der Waals surface area contributed by atoms with Crippen LogP contribution in [0.1, 0.15) is 10.4 Å². The van der Waals surface area contributed by atoms with Gasteiger partial charge in [-0.3, -0.25) is 20.2 Å². The van der Waals surface area contributed by atoms with Crippen LogP contribution in [-0.4, -0.2) is 42.6 Å². The maximum absolute atomic E-state index is 12.4. The summed E-state index contributed by atoms with van der Waals surface area (Å²) in [4.78, 5) is 27.6. The third kappa shape index (κ3) is 4.09. The summed E-state index contributed by atoms with van der Waals surface area (Å²) in [5, 5.41) is 16.9. The smallest absolute Gasteiger partial charge is 0.280 e. The maximum Gasteiger partial charge on any atom is 0.280 e. The number of hydrogen-bond donors (Lipinski definition) is 1. The number of carbonyl (C=O) groups excluding carboxylic acids is 1. The van der Waals surface area contributed by atoms with E-state index in [0.717, 1.165) is 4.31 Å². The summed E-state index contributed by atoms with van der Waals surface area (Å²) >= 11 is 2.38. The summed E-state index contributed by atoms with van der Waals surface area (Å²) in [6, 6.07) is 6.99. The van der Waals surface area contributed by atoms with Gasteiger partial charge in [0.1, 0.15) is 0 Å². The zero-order chi connectivity index (χ0) is 20.5. The average molecular weight is 439 g/mol. The monoisotopic (exact) mass is 438 g/mol. The highest BCUT2D eigenvalue weighted by Gasteiger charge is 2.18. The Bertz CT molecular complexity index is 1130. The molecule has 3 aromatic rings. The Labute approximate surface area is 168 Å². The Morgan fingerprint density at radius 2 is 1.86 bits per heavy atom. The van der Waals surface area contributed by atoms with Crippen molar-refractivity contribution in [3.05, 3.63) is 56.8 Å². The number of hydrogen-bond acceptors (Lipinski definition) is 8. The van der Waals surface area contributed by atoms with Crippen molar-refractivity contribution in [2.75, 3.05) is 19.4 Å². The van der Waals surface area contributed by atoms with Gasteiger partial charge < -0.3 is 0 Å². The van der Waals surface area contributed by atoms with Crippen LogP contribution < -0.4 is 5.32 Å². The lowest BCUT2D eigenvalue weighted by atomic mass is 10.2. The first kappa shape index (κ1) is 20.1. The van der Waals surface area contributed by atoms with Gasteiger partial charge >= 0.3 is 0 Å². The number of sulfonamides is 1. The second-order valence-corrected chi connectivity index (χ2v) is 9.65. The molecule has 0 saturated carbocycles. The molecular weight excluding hydrogens is 424 g/mol. The van der Waals surface area contributed by atoms with Gasteiger partial charge in [-0.15, -0.1) is 22.7 Å². The zero-order valence-electron chi connectivity index (χ0n) is 14.6. The Kier molecular flexibility index (Phi) is 5.56. The van der Waals surface area contributed by atoms with Crippen LogP contribution in [0.3, 0.4) is 0 Å². The molecule has 0 radical (unpaired) electrons. The Hall–Kier alpha value is -2.67. The molecule has 2 aromatic heterocycles. The number of nitro groups is 1. The molecule has 12 heteroatoms. The van der Waals surface area contributed by atoms with Gasteiger partial charge in [0.15, 0.2) is 5.13 Å². The molecule has 3 rings (SSSR count). The van der Waals surface area contributed by atoms with Gasteiger partial charge in [-0.05, 0) is 24.3 Å². The predicted molar refractivity (Wildman–Crippen MR) is 107 cm³/mol. The fraction of sp³-hybridized carbons (Fsp3) is 0.125. The zero-order valence-corrected chi connectivity index (χ0v) is 17.1. The first-order valence-electron chi connectivity index (χ1n) is 7.71. The molecule has 0 aliphatic carbocycles. The summed E-state index contributed by atoms with van der Waals surface area (Å²) in [6.45, 7) is 0. The van der Waals surface area contributed by atoms with Crippen LogP contribution >= 0.6 is 22.7 Å². The molecule has 2 heterocycles. The van der Waals surface area contributed by atoms with E-state index in [2.05, 4.69) is 10.3 Å². The van der Waals surface area contributed by atoms with Gasteiger partial charge in [-0.2, -0.15) is 0 Å². The lowest BCUT2D eigenvalue weighted by Crippen LogP contribution is -2.22. The van der Waals surface area contributed by atoms with Crippen molar-refractivity contribution >= 4 is 49.4 Å². The van der Waals surface area contributed by atoms with Crippen molar-refractivity contribution in [2.45, 2.75) is 4.90 Å². The van der Waals surface area contributed by atoms with Crippen molar-refractivity contribution in [2.24, 2.45) is 0 Å². The van der Waals surface area contributed by atoms with E-state index in [0.29, 0.717) is 15.7 Å². The highest BCUT2D eigenvalue weighted by atomic mass is 32.2. The average Bonchev–Trinajstić information content (AvgIpc) is 3.31. The summed E-state index contributed by atoms with van der Waals surface area (Å²) in [6.07, 6.45) is 0. The van der Waals surface area contributed by atoms with E-state index in [-0.39, 0.29) is 16.1 Å². The highest BCUT2D eigenvalue weighted by molar-refractivity contribution is 7.89. The van der Waals surface area contributed by atoms with Gasteiger partial charge in [0.2, 0.25) is 10.0 Å². The van der Waals surface area contributed by atoms with Crippen molar-refractivity contribution in [3.8, 4) is 10.6 Å². The molecule has 0 spiro atoms. The van der Waals surface area contributed by atoms with Crippen LogP contribution in [0.4, 0.5) is 10.8 Å². The second-order valence-electron chi connectivity index (χ2n) is 5.73. The minimum Gasteiger partial charge on any atom is -0.298 e. The summed E-state index contributed by atoms with van der Waals surface area (Å²) < 4.78 is 25.2. The number of nitrogens with zero attached hydrogens (tertiary/aromatic N) is 3. The number of benzene rings is 1. The van der Waals surface area contributed by atoms with Crippen molar-refractivity contribution < 1.29 is 18.1 Å². The second kappa shape index (κ2) is 7.75. The first-order chi connectivity index (χ1) is 13.2. The fourth-order valence-electron chi connectivity index (χ4n) is 2.16. The SMILES string of the molecule is CN(C)S(=O)(=O)c1ccc(C(=O)Nc2nc(-c3cc([N+](=O)[O-])cs3)cs2)cc1. The first-order valence-corrected chi connectivity index (χ1v) is 10.9. The molecule has 0 aliphatic heterocycles. The molecule has 0 bridgehead atoms. The van der Waals surface area contributed by atoms with Crippen LogP contribution in [0.15, 0.2) is 46.0 Å². The maximum atomic E-state index is 12.4. The number of thiazole rings is 1. The van der Waals surface area contributed by atoms with E-state index in [1.165, 1.54) is 72.5 Å². The number of carbonyl (C=O) groups is 1. The summed E-state index contributed by atoms with van der Waals surface area (Å²) in [7, 11) is -0.708. The molecule has 28 heavy (non-hydrogen) atoms. The van der Waals surface area contributed by atoms with Crippen LogP contribution in [-0.2, 0) is 10.0 Å². The number of nitrogens with one attached hydrogen (secondary N) is 1. The summed E-state index contributed by atoms with van der Waals surface area (Å²) in [5.41, 5.74) is 0.804. The Morgan fingerprint density at radius 1 is 1.18 bits per heavy atom. The molecule has 0 fully saturated rings. The van der Waals surface area contributed by atoms with Gasteiger partial charge in [-0.1, -0.05) is 0 Å². The minimum absolute atomic E-state index is 0.00801. The largest absolute Gasteiger partial charge is 0.298 e. The van der Waals surface area contributed by atoms with Gasteiger partial charge in [0.25, 0.3) is 11.6 Å². The molecule has 1 amide bonds. The van der Waals surface area contributed by atoms with Crippen LogP contribution in [0, 0.1) is 10.1 Å². The van der Waals surface area contributed by atoms with Crippen molar-refractivity contribution in [1.82, 2.24) is 9.29 Å². The van der Waals surface area contributed by atoms with Crippen LogP contribution in [0.5, 0.6) is 0 Å². The standard InChI is InChI=1S/C16H14N4O5S3/c1-19(2)28(24,25)12-5-3-10(4-6-12)15(21)18-16-17-13(9-27-16)14-7-11(8-26-14)20(22)23/h3-9H,1-2H3,(H,17,18,21). The normalized spacial score (nSPS) is 11.5. The molecular formula is C16H14N4O5S3. The quantitative estimate of drug-likeness (QED) is 0.465. The van der Waals surface area contributed by atoms with Gasteiger partial charge in [0, 0.05) is 31.1 Å². The molecule has 0 aliphatic rings. The molecule has 146 valence electrons. The Morgan fingerprint density at radius 3 is 2.43 bits per heavy atom. The molecule has 1 N–H and O–H groups in total. The van der Waals surface area contributed by atoms with E-state index >= 15 is 0 Å². The number of anilines is 1. The lowest BCUT2D eigenvalue weighted by Gasteiger charge is -2.11. The fourth-order valence-corrected chi connectivity index (χ4v) is 4.66. The molecule has 0 unspecified atom stereocenters. The lowest BCUT2D eigenvalue weighted by molar-refractivity contribution is -0.384. The number of rotatable bonds is 6. The molecule has 0 saturated heterocycles. The summed E-state index contributed by atoms with van der Waals surface area (Å²) in [5.74, 6) is -0.438. The topological polar surface area (TPSA) is 123 Å². The van der Waals surface area contributed by atoms with E-state index < -0.39 is 20.9 Å². The van der Waals surface area contributed by atoms with Gasteiger partial charge in [-0.25, -0.2) is 17.7 Å². The van der Waals surface area contributed by atoms with Gasteiger partial charge in [0.05, 0.1) is 25.8 Å². The number of aromatic nitrogens is 1. The van der Waals surface area contributed by atoms with E-state index in [1.807, 2.05) is 0 Å². The van der Waals surface area contributed by atoms with E-state index in [9.17, 15) is 23.3 Å². The van der Waals surface area contributed by atoms with Crippen molar-refractivity contribution in [3.63, 3.8) is 0 Å². The number of amides is 1. The van der Waals surface area contributed by atoms with Crippen LogP contribution in [0.25, 0.3) is 10.6 Å². The van der Waals surface area contributed by atoms with Crippen LogP contribution in [0.2, 0.25) is 0 Å². The third-order valence-corrected chi connectivity index (χ3v) is 7.20. The number of thiophene rings is 1. The molecule has 1 aromatic carbocycles. The molecule has 0 atom stereocenters. The third-order valence-electron chi connectivity index (χ3n) is 3.67. The highest BCUT2D eigenvalue weighted by Crippen LogP contribution is 2.33.